The number of nitrogens with one attached hydrogen (secondary N) is 2. The Kier molecular flexibility index (Phi) is 4.67. The highest BCUT2D eigenvalue weighted by molar-refractivity contribution is 5.91. The molecule has 1 aliphatic heterocycles. The highest BCUT2D eigenvalue weighted by Crippen LogP contribution is 2.05. The standard InChI is InChI=1S/C10H16N4O5/c1-5-8(16)12-2-3-14(5)10(19)13-6(9(17)18)4-7(11)15/h5-6H,2-4H2,1H3,(H2,11,15)(H,12,16)(H,13,19)(H,17,18)/t5?,6-/m1/s1. The van der Waals surface area contributed by atoms with Crippen LogP contribution in [0.25, 0.3) is 0 Å². The molecule has 0 saturated carbocycles. The van der Waals surface area contributed by atoms with Crippen LogP contribution in [0.1, 0.15) is 13.3 Å². The first-order valence-corrected chi connectivity index (χ1v) is 5.69. The fraction of sp³-hybridized carbons (Fsp3) is 0.600. The molecule has 1 rings (SSSR count). The van der Waals surface area contributed by atoms with Crippen LogP contribution < -0.4 is 16.4 Å². The van der Waals surface area contributed by atoms with Crippen LogP contribution >= 0.6 is 0 Å². The summed E-state index contributed by atoms with van der Waals surface area (Å²) in [7, 11) is 0. The van der Waals surface area contributed by atoms with Crippen LogP contribution in [0.2, 0.25) is 0 Å². The van der Waals surface area contributed by atoms with Crippen molar-refractivity contribution in [2.24, 2.45) is 5.73 Å². The first-order chi connectivity index (χ1) is 8.82. The molecule has 0 aromatic rings. The minimum atomic E-state index is -1.40. The lowest BCUT2D eigenvalue weighted by Crippen LogP contribution is -2.60. The number of aliphatic carboxylic acids is 1. The van der Waals surface area contributed by atoms with Crippen LogP contribution in [0.4, 0.5) is 4.79 Å². The van der Waals surface area contributed by atoms with Gasteiger partial charge in [0.25, 0.3) is 0 Å². The lowest BCUT2D eigenvalue weighted by atomic mass is 10.2. The maximum absolute atomic E-state index is 11.9. The van der Waals surface area contributed by atoms with Crippen LogP contribution in [0.5, 0.6) is 0 Å². The molecule has 19 heavy (non-hydrogen) atoms. The molecule has 1 unspecified atom stereocenters. The molecular weight excluding hydrogens is 256 g/mol. The number of amides is 4. The molecule has 106 valence electrons. The van der Waals surface area contributed by atoms with Crippen molar-refractivity contribution in [2.45, 2.75) is 25.4 Å². The fourth-order valence-corrected chi connectivity index (χ4v) is 1.69. The summed E-state index contributed by atoms with van der Waals surface area (Å²) in [5, 5.41) is 13.6. The van der Waals surface area contributed by atoms with Gasteiger partial charge in [-0.3, -0.25) is 9.59 Å². The number of carbonyl (C=O) groups is 4. The van der Waals surface area contributed by atoms with E-state index in [0.717, 1.165) is 0 Å². The molecule has 1 saturated heterocycles. The van der Waals surface area contributed by atoms with Crippen LogP contribution in [0, 0.1) is 0 Å². The van der Waals surface area contributed by atoms with E-state index >= 15 is 0 Å². The molecular formula is C10H16N4O5. The maximum Gasteiger partial charge on any atom is 0.326 e. The average Bonchev–Trinajstić information content (AvgIpc) is 2.31. The Labute approximate surface area is 109 Å². The SMILES string of the molecule is CC1C(=O)NCCN1C(=O)N[C@H](CC(N)=O)C(=O)O. The number of carboxylic acid groups (broad SMARTS) is 1. The van der Waals surface area contributed by atoms with E-state index in [1.165, 1.54) is 11.8 Å². The van der Waals surface area contributed by atoms with Gasteiger partial charge in [-0.15, -0.1) is 0 Å². The van der Waals surface area contributed by atoms with Crippen LogP contribution in [0.15, 0.2) is 0 Å². The molecule has 4 amide bonds. The van der Waals surface area contributed by atoms with Gasteiger partial charge in [-0.25, -0.2) is 9.59 Å². The summed E-state index contributed by atoms with van der Waals surface area (Å²) in [6, 6.07) is -2.81. The highest BCUT2D eigenvalue weighted by Gasteiger charge is 2.32. The average molecular weight is 272 g/mol. The predicted octanol–water partition coefficient (Wildman–Crippen LogP) is -2.16. The van der Waals surface area contributed by atoms with E-state index in [1.807, 2.05) is 0 Å². The second kappa shape index (κ2) is 6.03. The Bertz CT molecular complexity index is 411. The Morgan fingerprint density at radius 2 is 2.21 bits per heavy atom. The van der Waals surface area contributed by atoms with E-state index in [0.29, 0.717) is 6.54 Å². The monoisotopic (exact) mass is 272 g/mol. The zero-order chi connectivity index (χ0) is 14.6. The van der Waals surface area contributed by atoms with E-state index < -0.39 is 36.4 Å². The molecule has 0 aromatic carbocycles. The van der Waals surface area contributed by atoms with Crippen LogP contribution in [0.3, 0.4) is 0 Å². The Balaban J connectivity index is 2.68. The quantitative estimate of drug-likeness (QED) is 0.461. The van der Waals surface area contributed by atoms with E-state index in [2.05, 4.69) is 10.6 Å². The third-order valence-electron chi connectivity index (χ3n) is 2.76. The number of carbonyl (C=O) groups excluding carboxylic acids is 3. The first-order valence-electron chi connectivity index (χ1n) is 5.69. The number of primary amides is 1. The van der Waals surface area contributed by atoms with Crippen molar-refractivity contribution in [3.63, 3.8) is 0 Å². The molecule has 9 heteroatoms. The van der Waals surface area contributed by atoms with E-state index in [1.54, 1.807) is 0 Å². The summed E-state index contributed by atoms with van der Waals surface area (Å²) in [4.78, 5) is 46.1. The summed E-state index contributed by atoms with van der Waals surface area (Å²) < 4.78 is 0. The molecule has 1 aliphatic rings. The summed E-state index contributed by atoms with van der Waals surface area (Å²) in [5.74, 6) is -2.51. The van der Waals surface area contributed by atoms with Crippen molar-refractivity contribution >= 4 is 23.8 Å². The van der Waals surface area contributed by atoms with Gasteiger partial charge in [0, 0.05) is 13.1 Å². The lowest BCUT2D eigenvalue weighted by molar-refractivity contribution is -0.141. The third kappa shape index (κ3) is 3.83. The largest absolute Gasteiger partial charge is 0.480 e. The lowest BCUT2D eigenvalue weighted by Gasteiger charge is -2.33. The number of nitrogens with two attached hydrogens (primary N) is 1. The van der Waals surface area contributed by atoms with Crippen molar-refractivity contribution in [3.8, 4) is 0 Å². The topological polar surface area (TPSA) is 142 Å². The number of hydrogen-bond donors (Lipinski definition) is 4. The van der Waals surface area contributed by atoms with Gasteiger partial charge in [0.2, 0.25) is 11.8 Å². The number of nitrogens with zero attached hydrogens (tertiary/aromatic N) is 1. The molecule has 2 atom stereocenters. The van der Waals surface area contributed by atoms with Crippen LogP contribution in [-0.4, -0.2) is 59.0 Å². The zero-order valence-electron chi connectivity index (χ0n) is 10.4. The number of hydrogen-bond acceptors (Lipinski definition) is 4. The molecule has 0 radical (unpaired) electrons. The number of carboxylic acids is 1. The first kappa shape index (κ1) is 14.7. The van der Waals surface area contributed by atoms with Gasteiger partial charge in [-0.05, 0) is 6.92 Å². The molecule has 0 bridgehead atoms. The second-order valence-electron chi connectivity index (χ2n) is 4.17. The summed E-state index contributed by atoms with van der Waals surface area (Å²) in [6.45, 7) is 2.09. The maximum atomic E-state index is 11.9. The second-order valence-corrected chi connectivity index (χ2v) is 4.17. The van der Waals surface area contributed by atoms with Gasteiger partial charge in [0.1, 0.15) is 12.1 Å². The summed E-state index contributed by atoms with van der Waals surface area (Å²) in [6.07, 6.45) is -0.504. The van der Waals surface area contributed by atoms with Gasteiger partial charge in [0.15, 0.2) is 0 Å². The molecule has 0 spiro atoms. The normalized spacial score (nSPS) is 20.4. The minimum Gasteiger partial charge on any atom is -0.480 e. The summed E-state index contributed by atoms with van der Waals surface area (Å²) >= 11 is 0. The Morgan fingerprint density at radius 3 is 2.74 bits per heavy atom. The molecule has 1 fully saturated rings. The Hall–Kier alpha value is -2.32. The molecule has 0 aliphatic carbocycles. The van der Waals surface area contributed by atoms with Crippen LogP contribution in [-0.2, 0) is 14.4 Å². The van der Waals surface area contributed by atoms with E-state index in [-0.39, 0.29) is 12.5 Å². The van der Waals surface area contributed by atoms with Gasteiger partial charge < -0.3 is 26.4 Å². The number of piperazine rings is 1. The smallest absolute Gasteiger partial charge is 0.326 e. The minimum absolute atomic E-state index is 0.266. The highest BCUT2D eigenvalue weighted by atomic mass is 16.4. The third-order valence-corrected chi connectivity index (χ3v) is 2.76. The van der Waals surface area contributed by atoms with Gasteiger partial charge in [0.05, 0.1) is 6.42 Å². The predicted molar refractivity (Wildman–Crippen MR) is 62.9 cm³/mol. The van der Waals surface area contributed by atoms with E-state index in [4.69, 9.17) is 10.8 Å². The molecule has 0 aromatic heterocycles. The molecule has 9 nitrogen and oxygen atoms in total. The van der Waals surface area contributed by atoms with Gasteiger partial charge in [-0.1, -0.05) is 0 Å². The molecule has 1 heterocycles. The number of urea groups is 1. The fourth-order valence-electron chi connectivity index (χ4n) is 1.69. The van der Waals surface area contributed by atoms with Crippen molar-refractivity contribution in [1.29, 1.82) is 0 Å². The molecule has 5 N–H and O–H groups in total. The van der Waals surface area contributed by atoms with Crippen molar-refractivity contribution in [1.82, 2.24) is 15.5 Å². The van der Waals surface area contributed by atoms with Crippen molar-refractivity contribution in [3.05, 3.63) is 0 Å². The van der Waals surface area contributed by atoms with Gasteiger partial charge in [-0.2, -0.15) is 0 Å². The van der Waals surface area contributed by atoms with E-state index in [9.17, 15) is 19.2 Å². The van der Waals surface area contributed by atoms with Crippen molar-refractivity contribution in [2.75, 3.05) is 13.1 Å². The Morgan fingerprint density at radius 1 is 1.58 bits per heavy atom. The summed E-state index contributed by atoms with van der Waals surface area (Å²) in [5.41, 5.74) is 4.90. The number of rotatable bonds is 4. The van der Waals surface area contributed by atoms with Gasteiger partial charge >= 0.3 is 12.0 Å². The zero-order valence-corrected chi connectivity index (χ0v) is 10.4. The van der Waals surface area contributed by atoms with Crippen molar-refractivity contribution < 1.29 is 24.3 Å².